The van der Waals surface area contributed by atoms with E-state index in [0.717, 1.165) is 61.5 Å². The van der Waals surface area contributed by atoms with E-state index >= 15 is 0 Å². The lowest BCUT2D eigenvalue weighted by atomic mass is 9.64. The van der Waals surface area contributed by atoms with Crippen LogP contribution in [0.3, 0.4) is 0 Å². The summed E-state index contributed by atoms with van der Waals surface area (Å²) < 4.78 is 0. The molecule has 0 bridgehead atoms. The van der Waals surface area contributed by atoms with Gasteiger partial charge in [-0.3, -0.25) is 4.79 Å². The van der Waals surface area contributed by atoms with E-state index in [0.29, 0.717) is 17.0 Å². The first-order valence-electron chi connectivity index (χ1n) is 10.7. The molecule has 0 N–H and O–H groups in total. The molecule has 1 heterocycles. The molecule has 3 nitrogen and oxygen atoms in total. The Kier molecular flexibility index (Phi) is 4.99. The Morgan fingerprint density at radius 2 is 1.79 bits per heavy atom. The van der Waals surface area contributed by atoms with Gasteiger partial charge in [-0.1, -0.05) is 41.8 Å². The minimum Gasteiger partial charge on any atom is -0.365 e. The summed E-state index contributed by atoms with van der Waals surface area (Å²) in [4.78, 5) is 18.3. The van der Waals surface area contributed by atoms with E-state index in [1.807, 2.05) is 18.2 Å². The van der Waals surface area contributed by atoms with E-state index in [4.69, 9.17) is 23.2 Å². The van der Waals surface area contributed by atoms with Gasteiger partial charge in [-0.2, -0.15) is 0 Å². The summed E-state index contributed by atoms with van der Waals surface area (Å²) in [6, 6.07) is 14.7. The number of anilines is 2. The molecular formula is C24H26Cl2N2O. The molecular weight excluding hydrogens is 403 g/mol. The fourth-order valence-corrected chi connectivity index (χ4v) is 5.34. The van der Waals surface area contributed by atoms with Crippen molar-refractivity contribution >= 4 is 40.5 Å². The van der Waals surface area contributed by atoms with E-state index < -0.39 is 0 Å². The highest BCUT2D eigenvalue weighted by molar-refractivity contribution is 6.33. The van der Waals surface area contributed by atoms with Crippen molar-refractivity contribution in [1.82, 2.24) is 0 Å². The zero-order valence-corrected chi connectivity index (χ0v) is 18.1. The summed E-state index contributed by atoms with van der Waals surface area (Å²) in [5, 5.41) is 1.43. The van der Waals surface area contributed by atoms with Crippen molar-refractivity contribution in [2.24, 2.45) is 5.41 Å². The molecule has 2 fully saturated rings. The fourth-order valence-electron chi connectivity index (χ4n) is 4.93. The predicted octanol–water partition coefficient (Wildman–Crippen LogP) is 6.11. The SMILES string of the molecule is O=C(N1CCN(C2CC2)c2ccccc21)C1(CCc2cc(Cl)ccc2Cl)CCC1. The van der Waals surface area contributed by atoms with Gasteiger partial charge in [-0.25, -0.2) is 0 Å². The fraction of sp³-hybridized carbons (Fsp3) is 0.458. The summed E-state index contributed by atoms with van der Waals surface area (Å²) in [5.74, 6) is 0.296. The van der Waals surface area contributed by atoms with E-state index in [-0.39, 0.29) is 5.41 Å². The lowest BCUT2D eigenvalue weighted by Crippen LogP contribution is -2.53. The van der Waals surface area contributed by atoms with Crippen LogP contribution in [0.2, 0.25) is 10.0 Å². The van der Waals surface area contributed by atoms with Crippen molar-refractivity contribution in [2.75, 3.05) is 22.9 Å². The molecule has 2 aromatic carbocycles. The summed E-state index contributed by atoms with van der Waals surface area (Å²) in [5.41, 5.74) is 3.09. The number of nitrogens with zero attached hydrogens (tertiary/aromatic N) is 2. The number of fused-ring (bicyclic) bond motifs is 1. The number of aryl methyl sites for hydroxylation is 1. The van der Waals surface area contributed by atoms with Crippen LogP contribution in [0, 0.1) is 5.41 Å². The first-order chi connectivity index (χ1) is 14.1. The molecule has 1 aliphatic heterocycles. The summed E-state index contributed by atoms with van der Waals surface area (Å²) >= 11 is 12.5. The van der Waals surface area contributed by atoms with E-state index in [9.17, 15) is 4.79 Å². The number of hydrogen-bond donors (Lipinski definition) is 0. The highest BCUT2D eigenvalue weighted by atomic mass is 35.5. The lowest BCUT2D eigenvalue weighted by Gasteiger charge is -2.46. The molecule has 0 unspecified atom stereocenters. The molecule has 1 amide bonds. The predicted molar refractivity (Wildman–Crippen MR) is 120 cm³/mol. The average Bonchev–Trinajstić information content (AvgIpc) is 3.54. The number of halogens is 2. The number of benzene rings is 2. The van der Waals surface area contributed by atoms with Crippen molar-refractivity contribution in [3.8, 4) is 0 Å². The number of para-hydroxylation sites is 2. The Bertz CT molecular complexity index is 936. The lowest BCUT2D eigenvalue weighted by molar-refractivity contribution is -0.133. The molecule has 5 rings (SSSR count). The summed E-state index contributed by atoms with van der Waals surface area (Å²) in [6.45, 7) is 1.72. The van der Waals surface area contributed by atoms with Crippen molar-refractivity contribution in [1.29, 1.82) is 0 Å². The molecule has 2 aromatic rings. The van der Waals surface area contributed by atoms with Gasteiger partial charge in [-0.05, 0) is 74.4 Å². The number of carbonyl (C=O) groups is 1. The largest absolute Gasteiger partial charge is 0.365 e. The molecule has 0 radical (unpaired) electrons. The van der Waals surface area contributed by atoms with Crippen LogP contribution in [0.25, 0.3) is 0 Å². The molecule has 2 aliphatic carbocycles. The van der Waals surface area contributed by atoms with Crippen LogP contribution in [0.4, 0.5) is 11.4 Å². The van der Waals surface area contributed by atoms with E-state index in [2.05, 4.69) is 34.1 Å². The van der Waals surface area contributed by atoms with Gasteiger partial charge < -0.3 is 9.80 Å². The molecule has 5 heteroatoms. The third kappa shape index (κ3) is 3.53. The van der Waals surface area contributed by atoms with Crippen LogP contribution >= 0.6 is 23.2 Å². The Labute approximate surface area is 182 Å². The van der Waals surface area contributed by atoms with Gasteiger partial charge in [-0.15, -0.1) is 0 Å². The second kappa shape index (κ2) is 7.52. The normalized spacial score (nSPS) is 20.2. The van der Waals surface area contributed by atoms with E-state index in [1.165, 1.54) is 18.5 Å². The Hall–Kier alpha value is -1.71. The van der Waals surface area contributed by atoms with Crippen LogP contribution in [-0.4, -0.2) is 25.0 Å². The third-order valence-corrected chi connectivity index (χ3v) is 7.53. The zero-order valence-electron chi connectivity index (χ0n) is 16.5. The maximum Gasteiger partial charge on any atom is 0.233 e. The number of rotatable bonds is 5. The molecule has 0 aromatic heterocycles. The third-order valence-electron chi connectivity index (χ3n) is 6.92. The van der Waals surface area contributed by atoms with Crippen molar-refractivity contribution < 1.29 is 4.79 Å². The molecule has 2 saturated carbocycles. The second-order valence-corrected chi connectivity index (χ2v) is 9.58. The van der Waals surface area contributed by atoms with Crippen molar-refractivity contribution in [3.63, 3.8) is 0 Å². The quantitative estimate of drug-likeness (QED) is 0.572. The van der Waals surface area contributed by atoms with Crippen LogP contribution in [0.15, 0.2) is 42.5 Å². The first-order valence-corrected chi connectivity index (χ1v) is 11.4. The average molecular weight is 429 g/mol. The highest BCUT2D eigenvalue weighted by Gasteiger charge is 2.47. The van der Waals surface area contributed by atoms with Gasteiger partial charge in [0, 0.05) is 29.2 Å². The van der Waals surface area contributed by atoms with Crippen LogP contribution in [0.5, 0.6) is 0 Å². The van der Waals surface area contributed by atoms with Crippen molar-refractivity contribution in [3.05, 3.63) is 58.1 Å². The molecule has 29 heavy (non-hydrogen) atoms. The maximum atomic E-state index is 13.8. The molecule has 0 spiro atoms. The van der Waals surface area contributed by atoms with Gasteiger partial charge in [0.1, 0.15) is 0 Å². The number of hydrogen-bond acceptors (Lipinski definition) is 2. The van der Waals surface area contributed by atoms with Crippen LogP contribution in [-0.2, 0) is 11.2 Å². The van der Waals surface area contributed by atoms with Gasteiger partial charge >= 0.3 is 0 Å². The smallest absolute Gasteiger partial charge is 0.233 e. The Balaban J connectivity index is 1.38. The molecule has 0 saturated heterocycles. The number of carbonyl (C=O) groups excluding carboxylic acids is 1. The van der Waals surface area contributed by atoms with Gasteiger partial charge in [0.2, 0.25) is 5.91 Å². The first kappa shape index (κ1) is 19.3. The summed E-state index contributed by atoms with van der Waals surface area (Å²) in [6.07, 6.45) is 7.22. The maximum absolute atomic E-state index is 13.8. The van der Waals surface area contributed by atoms with E-state index in [1.54, 1.807) is 0 Å². The monoisotopic (exact) mass is 428 g/mol. The summed E-state index contributed by atoms with van der Waals surface area (Å²) in [7, 11) is 0. The highest BCUT2D eigenvalue weighted by Crippen LogP contribution is 2.49. The number of amides is 1. The topological polar surface area (TPSA) is 23.6 Å². The Morgan fingerprint density at radius 1 is 1.03 bits per heavy atom. The zero-order chi connectivity index (χ0) is 20.0. The van der Waals surface area contributed by atoms with Gasteiger partial charge in [0.05, 0.1) is 16.8 Å². The standard InChI is InChI=1S/C24H26Cl2N2O/c25-18-6-9-20(26)17(16-18)10-13-24(11-3-12-24)23(29)28-15-14-27(19-7-8-19)21-4-1-2-5-22(21)28/h1-2,4-6,9,16,19H,3,7-8,10-15H2. The molecule has 3 aliphatic rings. The van der Waals surface area contributed by atoms with Gasteiger partial charge in [0.15, 0.2) is 0 Å². The van der Waals surface area contributed by atoms with Crippen molar-refractivity contribution in [2.45, 2.75) is 51.0 Å². The van der Waals surface area contributed by atoms with Crippen LogP contribution in [0.1, 0.15) is 44.1 Å². The Morgan fingerprint density at radius 3 is 2.48 bits per heavy atom. The van der Waals surface area contributed by atoms with Crippen LogP contribution < -0.4 is 9.80 Å². The van der Waals surface area contributed by atoms with Gasteiger partial charge in [0.25, 0.3) is 0 Å². The molecule has 0 atom stereocenters. The second-order valence-electron chi connectivity index (χ2n) is 8.74. The minimum atomic E-state index is -0.263. The molecule has 152 valence electrons. The minimum absolute atomic E-state index is 0.263.